The van der Waals surface area contributed by atoms with Gasteiger partial charge >= 0.3 is 5.97 Å². The van der Waals surface area contributed by atoms with Crippen molar-refractivity contribution in [3.63, 3.8) is 0 Å². The quantitative estimate of drug-likeness (QED) is 0.358. The maximum absolute atomic E-state index is 12.2. The van der Waals surface area contributed by atoms with Crippen LogP contribution in [-0.4, -0.2) is 53.0 Å². The van der Waals surface area contributed by atoms with Gasteiger partial charge in [0.2, 0.25) is 11.8 Å². The molecule has 0 aliphatic carbocycles. The van der Waals surface area contributed by atoms with Crippen molar-refractivity contribution in [2.45, 2.75) is 77.9 Å². The Kier molecular flexibility index (Phi) is 10.2. The first kappa shape index (κ1) is 22.3. The molecule has 0 aromatic carbocycles. The van der Waals surface area contributed by atoms with Crippen LogP contribution >= 0.6 is 12.2 Å². The molecule has 1 aliphatic heterocycles. The van der Waals surface area contributed by atoms with E-state index in [0.717, 1.165) is 25.7 Å². The Balaban J connectivity index is 2.59. The smallest absolute Gasteiger partial charge is 0.308 e. The third-order valence-corrected chi connectivity index (χ3v) is 4.70. The van der Waals surface area contributed by atoms with E-state index in [1.807, 2.05) is 6.92 Å². The molecule has 0 aromatic heterocycles. The minimum atomic E-state index is -0.756. The van der Waals surface area contributed by atoms with Gasteiger partial charge in [-0.3, -0.25) is 14.4 Å². The molecule has 8 heteroatoms. The van der Waals surface area contributed by atoms with Crippen molar-refractivity contribution in [3.8, 4) is 0 Å². The SMILES string of the molecule is CCCCCCC(=O)NC(=S)N1CCNC(=O)C1CC(=O)OC(C)CC. The van der Waals surface area contributed by atoms with Crippen LogP contribution in [0.3, 0.4) is 0 Å². The number of nitrogens with one attached hydrogen (secondary N) is 2. The van der Waals surface area contributed by atoms with E-state index in [4.69, 9.17) is 17.0 Å². The maximum atomic E-state index is 12.2. The lowest BCUT2D eigenvalue weighted by Gasteiger charge is -2.36. The Morgan fingerprint density at radius 2 is 2.08 bits per heavy atom. The molecule has 7 nitrogen and oxygen atoms in total. The van der Waals surface area contributed by atoms with Gasteiger partial charge in [0.05, 0.1) is 12.5 Å². The van der Waals surface area contributed by atoms with Crippen molar-refractivity contribution >= 4 is 35.1 Å². The number of carbonyl (C=O) groups excluding carboxylic acids is 3. The van der Waals surface area contributed by atoms with E-state index >= 15 is 0 Å². The van der Waals surface area contributed by atoms with Gasteiger partial charge in [0.15, 0.2) is 5.11 Å². The summed E-state index contributed by atoms with van der Waals surface area (Å²) >= 11 is 5.31. The molecule has 1 fully saturated rings. The van der Waals surface area contributed by atoms with Crippen LogP contribution in [-0.2, 0) is 19.1 Å². The molecule has 1 saturated heterocycles. The summed E-state index contributed by atoms with van der Waals surface area (Å²) in [6.45, 7) is 6.70. The van der Waals surface area contributed by atoms with E-state index < -0.39 is 12.0 Å². The number of hydrogen-bond donors (Lipinski definition) is 2. The fourth-order valence-corrected chi connectivity index (χ4v) is 2.97. The lowest BCUT2D eigenvalue weighted by molar-refractivity contribution is -0.151. The number of carbonyl (C=O) groups is 3. The van der Waals surface area contributed by atoms with Gasteiger partial charge in [-0.2, -0.15) is 0 Å². The van der Waals surface area contributed by atoms with E-state index in [0.29, 0.717) is 25.9 Å². The fraction of sp³-hybridized carbons (Fsp3) is 0.778. The molecule has 0 spiro atoms. The van der Waals surface area contributed by atoms with Crippen LogP contribution < -0.4 is 10.6 Å². The number of rotatable bonds is 9. The number of esters is 1. The molecule has 2 N–H and O–H groups in total. The summed E-state index contributed by atoms with van der Waals surface area (Å²) in [6, 6.07) is -0.756. The Morgan fingerprint density at radius 3 is 2.73 bits per heavy atom. The topological polar surface area (TPSA) is 87.7 Å². The van der Waals surface area contributed by atoms with Gasteiger partial charge in [0.1, 0.15) is 6.04 Å². The minimum Gasteiger partial charge on any atom is -0.463 e. The van der Waals surface area contributed by atoms with Gasteiger partial charge in [-0.1, -0.05) is 33.1 Å². The number of amides is 2. The third-order valence-electron chi connectivity index (χ3n) is 4.36. The molecule has 148 valence electrons. The van der Waals surface area contributed by atoms with E-state index in [9.17, 15) is 14.4 Å². The predicted molar refractivity (Wildman–Crippen MR) is 103 cm³/mol. The maximum Gasteiger partial charge on any atom is 0.308 e. The Morgan fingerprint density at radius 1 is 1.35 bits per heavy atom. The van der Waals surface area contributed by atoms with Crippen LogP contribution in [0.4, 0.5) is 0 Å². The summed E-state index contributed by atoms with van der Waals surface area (Å²) in [5.74, 6) is -0.880. The second kappa shape index (κ2) is 11.8. The molecule has 2 atom stereocenters. The number of piperazine rings is 1. The monoisotopic (exact) mass is 385 g/mol. The van der Waals surface area contributed by atoms with Crippen molar-refractivity contribution in [2.24, 2.45) is 0 Å². The molecule has 2 amide bonds. The Labute approximate surface area is 161 Å². The van der Waals surface area contributed by atoms with Gasteiger partial charge in [-0.05, 0) is 32.0 Å². The van der Waals surface area contributed by atoms with Gasteiger partial charge < -0.3 is 20.3 Å². The van der Waals surface area contributed by atoms with Crippen LogP contribution in [0, 0.1) is 0 Å². The number of nitrogens with zero attached hydrogens (tertiary/aromatic N) is 1. The van der Waals surface area contributed by atoms with Gasteiger partial charge in [-0.25, -0.2) is 0 Å². The summed E-state index contributed by atoms with van der Waals surface area (Å²) in [7, 11) is 0. The zero-order valence-corrected chi connectivity index (χ0v) is 16.8. The highest BCUT2D eigenvalue weighted by atomic mass is 32.1. The van der Waals surface area contributed by atoms with Gasteiger partial charge in [0, 0.05) is 19.5 Å². The number of hydrogen-bond acceptors (Lipinski definition) is 5. The van der Waals surface area contributed by atoms with Crippen molar-refractivity contribution < 1.29 is 19.1 Å². The third kappa shape index (κ3) is 7.68. The minimum absolute atomic E-state index is 0.0946. The van der Waals surface area contributed by atoms with Crippen molar-refractivity contribution in [1.29, 1.82) is 0 Å². The second-order valence-corrected chi connectivity index (χ2v) is 6.96. The zero-order chi connectivity index (χ0) is 19.5. The molecule has 0 radical (unpaired) electrons. The van der Waals surface area contributed by atoms with Crippen LogP contribution in [0.15, 0.2) is 0 Å². The summed E-state index contributed by atoms with van der Waals surface area (Å²) < 4.78 is 5.26. The van der Waals surface area contributed by atoms with Crippen LogP contribution in [0.5, 0.6) is 0 Å². The number of ether oxygens (including phenoxy) is 1. The summed E-state index contributed by atoms with van der Waals surface area (Å²) in [4.78, 5) is 37.9. The number of thiocarbonyl (C=S) groups is 1. The zero-order valence-electron chi connectivity index (χ0n) is 16.0. The molecule has 1 heterocycles. The lowest BCUT2D eigenvalue weighted by Crippen LogP contribution is -2.60. The van der Waals surface area contributed by atoms with E-state index in [2.05, 4.69) is 17.6 Å². The standard InChI is InChI=1S/C18H31N3O4S/c1-4-6-7-8-9-15(22)20-18(26)21-11-10-19-17(24)14(21)12-16(23)25-13(3)5-2/h13-14H,4-12H2,1-3H3,(H,19,24)(H,20,22,26). The van der Waals surface area contributed by atoms with Gasteiger partial charge in [0.25, 0.3) is 0 Å². The first-order valence-electron chi connectivity index (χ1n) is 9.46. The highest BCUT2D eigenvalue weighted by molar-refractivity contribution is 7.80. The molecule has 2 unspecified atom stereocenters. The summed E-state index contributed by atoms with van der Waals surface area (Å²) in [5, 5.41) is 5.62. The molecule has 1 rings (SSSR count). The largest absolute Gasteiger partial charge is 0.463 e. The van der Waals surface area contributed by atoms with Crippen molar-refractivity contribution in [3.05, 3.63) is 0 Å². The molecule has 0 aromatic rings. The molecular formula is C18H31N3O4S. The molecule has 26 heavy (non-hydrogen) atoms. The predicted octanol–water partition coefficient (Wildman–Crippen LogP) is 1.89. The Hall–Kier alpha value is -1.70. The van der Waals surface area contributed by atoms with E-state index in [-0.39, 0.29) is 29.5 Å². The lowest BCUT2D eigenvalue weighted by atomic mass is 10.1. The first-order valence-corrected chi connectivity index (χ1v) is 9.87. The van der Waals surface area contributed by atoms with E-state index in [1.54, 1.807) is 11.8 Å². The van der Waals surface area contributed by atoms with Crippen LogP contribution in [0.25, 0.3) is 0 Å². The number of unbranched alkanes of at least 4 members (excludes halogenated alkanes) is 3. The molecule has 0 bridgehead atoms. The normalized spacial score (nSPS) is 18.0. The summed E-state index contributed by atoms with van der Waals surface area (Å²) in [6.07, 6.45) is 4.85. The second-order valence-electron chi connectivity index (χ2n) is 6.58. The average molecular weight is 386 g/mol. The van der Waals surface area contributed by atoms with Crippen LogP contribution in [0.1, 0.15) is 65.7 Å². The van der Waals surface area contributed by atoms with Crippen molar-refractivity contribution in [2.75, 3.05) is 13.1 Å². The Bertz CT molecular complexity index is 513. The molecule has 0 saturated carbocycles. The fourth-order valence-electron chi connectivity index (χ4n) is 2.64. The highest BCUT2D eigenvalue weighted by Gasteiger charge is 2.34. The van der Waals surface area contributed by atoms with Crippen molar-refractivity contribution in [1.82, 2.24) is 15.5 Å². The molecular weight excluding hydrogens is 354 g/mol. The van der Waals surface area contributed by atoms with Gasteiger partial charge in [-0.15, -0.1) is 0 Å². The molecule has 1 aliphatic rings. The average Bonchev–Trinajstić information content (AvgIpc) is 2.60. The highest BCUT2D eigenvalue weighted by Crippen LogP contribution is 2.12. The van der Waals surface area contributed by atoms with Crippen LogP contribution in [0.2, 0.25) is 0 Å². The summed E-state index contributed by atoms with van der Waals surface area (Å²) in [5.41, 5.74) is 0. The first-order chi connectivity index (χ1) is 12.4. The van der Waals surface area contributed by atoms with E-state index in [1.165, 1.54) is 0 Å².